The number of allylic oxidation sites excluding steroid dienone is 1. The predicted molar refractivity (Wildman–Crippen MR) is 65.7 cm³/mol. The maximum absolute atomic E-state index is 11.5. The molecule has 0 aromatic rings. The summed E-state index contributed by atoms with van der Waals surface area (Å²) in [4.78, 5) is 23.0. The second-order valence-corrected chi connectivity index (χ2v) is 8.23. The number of esters is 2. The third-order valence-corrected chi connectivity index (χ3v) is 5.95. The molecule has 4 nitrogen and oxygen atoms in total. The van der Waals surface area contributed by atoms with Crippen LogP contribution < -0.4 is 0 Å². The SMILES string of the molecule is CCCC(=O)O[C]1(OC(=O)CCC)C=C[CH]=[In]1. The van der Waals surface area contributed by atoms with Gasteiger partial charge in [0.25, 0.3) is 0 Å². The van der Waals surface area contributed by atoms with Crippen LogP contribution >= 0.6 is 0 Å². The Labute approximate surface area is 112 Å². The van der Waals surface area contributed by atoms with E-state index in [-0.39, 0.29) is 11.9 Å². The Morgan fingerprint density at radius 2 is 1.65 bits per heavy atom. The summed E-state index contributed by atoms with van der Waals surface area (Å²) >= 11 is -1.37. The summed E-state index contributed by atoms with van der Waals surface area (Å²) in [7, 11) is 0. The molecule has 0 aliphatic carbocycles. The Morgan fingerprint density at radius 3 is 2.00 bits per heavy atom. The number of hydrogen-bond donors (Lipinski definition) is 0. The first-order chi connectivity index (χ1) is 8.12. The van der Waals surface area contributed by atoms with Gasteiger partial charge in [-0.05, 0) is 0 Å². The normalized spacial score (nSPS) is 15.4. The molecule has 0 amide bonds. The molecule has 0 atom stereocenters. The average Bonchev–Trinajstić information content (AvgIpc) is 2.66. The first-order valence-electron chi connectivity index (χ1n) is 5.92. The Hall–Kier alpha value is -0.580. The van der Waals surface area contributed by atoms with Gasteiger partial charge in [-0.1, -0.05) is 0 Å². The molecule has 1 aliphatic rings. The summed E-state index contributed by atoms with van der Waals surface area (Å²) in [6.07, 6.45) is 5.74. The molecule has 0 saturated heterocycles. The molecule has 0 aromatic carbocycles. The molecule has 0 bridgehead atoms. The van der Waals surface area contributed by atoms with Gasteiger partial charge in [0.15, 0.2) is 0 Å². The first-order valence-corrected chi connectivity index (χ1v) is 9.47. The van der Waals surface area contributed by atoms with Crippen LogP contribution in [0.5, 0.6) is 0 Å². The number of ether oxygens (including phenoxy) is 2. The fraction of sp³-hybridized carbons (Fsp3) is 0.583. The van der Waals surface area contributed by atoms with E-state index in [0.29, 0.717) is 12.8 Å². The topological polar surface area (TPSA) is 52.6 Å². The van der Waals surface area contributed by atoms with E-state index in [4.69, 9.17) is 9.47 Å². The van der Waals surface area contributed by atoms with E-state index in [2.05, 4.69) is 0 Å². The maximum atomic E-state index is 11.5. The molecule has 0 radical (unpaired) electrons. The summed E-state index contributed by atoms with van der Waals surface area (Å²) in [5.41, 5.74) is 0. The van der Waals surface area contributed by atoms with Gasteiger partial charge in [0.05, 0.1) is 0 Å². The zero-order valence-corrected chi connectivity index (χ0v) is 13.6. The van der Waals surface area contributed by atoms with E-state index in [1.54, 1.807) is 6.08 Å². The average molecular weight is 340 g/mol. The van der Waals surface area contributed by atoms with Crippen LogP contribution in [-0.4, -0.2) is 41.7 Å². The summed E-state index contributed by atoms with van der Waals surface area (Å²) in [6, 6.07) is 0. The molecule has 1 aliphatic heterocycles. The van der Waals surface area contributed by atoms with Crippen molar-refractivity contribution in [3.63, 3.8) is 0 Å². The van der Waals surface area contributed by atoms with Crippen LogP contribution in [0.4, 0.5) is 0 Å². The minimum absolute atomic E-state index is 0.289. The Balaban J connectivity index is 2.64. The molecule has 0 unspecified atom stereocenters. The fourth-order valence-electron chi connectivity index (χ4n) is 1.46. The van der Waals surface area contributed by atoms with Crippen molar-refractivity contribution in [2.45, 2.75) is 43.1 Å². The van der Waals surface area contributed by atoms with E-state index in [1.165, 1.54) is 0 Å². The molecule has 17 heavy (non-hydrogen) atoms. The summed E-state index contributed by atoms with van der Waals surface area (Å²) in [5.74, 6) is -0.578. The molecule has 92 valence electrons. The molecular formula is C12H17InO4. The van der Waals surface area contributed by atoms with Crippen molar-refractivity contribution in [3.05, 3.63) is 12.2 Å². The van der Waals surface area contributed by atoms with Crippen LogP contribution in [0, 0.1) is 0 Å². The minimum atomic E-state index is -1.37. The molecule has 5 heteroatoms. The van der Waals surface area contributed by atoms with Gasteiger partial charge < -0.3 is 0 Å². The molecule has 0 aromatic heterocycles. The third-order valence-electron chi connectivity index (χ3n) is 2.22. The van der Waals surface area contributed by atoms with Crippen LogP contribution in [0.25, 0.3) is 0 Å². The van der Waals surface area contributed by atoms with Gasteiger partial charge in [0.2, 0.25) is 0 Å². The quantitative estimate of drug-likeness (QED) is 0.542. The van der Waals surface area contributed by atoms with E-state index in [1.807, 2.05) is 23.7 Å². The zero-order valence-electron chi connectivity index (χ0n) is 10.3. The third kappa shape index (κ3) is 4.66. The molecule has 0 saturated carbocycles. The Bertz CT molecular complexity index is 312. The molecule has 1 heterocycles. The van der Waals surface area contributed by atoms with Gasteiger partial charge in [0.1, 0.15) is 0 Å². The number of carbonyl (C=O) groups is 2. The second kappa shape index (κ2) is 6.99. The molecule has 1 rings (SSSR count). The molecule has 0 N–H and O–H groups in total. The van der Waals surface area contributed by atoms with Crippen molar-refractivity contribution in [3.8, 4) is 0 Å². The van der Waals surface area contributed by atoms with Crippen LogP contribution in [0.2, 0.25) is 0 Å². The van der Waals surface area contributed by atoms with Crippen molar-refractivity contribution < 1.29 is 19.1 Å². The Morgan fingerprint density at radius 1 is 1.12 bits per heavy atom. The number of hydrogen-bond acceptors (Lipinski definition) is 4. The van der Waals surface area contributed by atoms with Crippen LogP contribution in [0.15, 0.2) is 12.2 Å². The Kier molecular flexibility index (Phi) is 5.95. The zero-order chi connectivity index (χ0) is 12.7. The van der Waals surface area contributed by atoms with Crippen molar-refractivity contribution in [2.24, 2.45) is 0 Å². The fourth-order valence-corrected chi connectivity index (χ4v) is 4.63. The van der Waals surface area contributed by atoms with Gasteiger partial charge in [-0.15, -0.1) is 0 Å². The van der Waals surface area contributed by atoms with E-state index in [0.717, 1.165) is 12.8 Å². The van der Waals surface area contributed by atoms with Crippen molar-refractivity contribution in [2.75, 3.05) is 0 Å². The van der Waals surface area contributed by atoms with E-state index < -0.39 is 26.0 Å². The van der Waals surface area contributed by atoms with Crippen LogP contribution in [0.3, 0.4) is 0 Å². The monoisotopic (exact) mass is 340 g/mol. The van der Waals surface area contributed by atoms with Crippen molar-refractivity contribution in [1.82, 2.24) is 0 Å². The number of carbonyl (C=O) groups excluding carboxylic acids is 2. The second-order valence-electron chi connectivity index (χ2n) is 3.89. The van der Waals surface area contributed by atoms with Gasteiger partial charge in [-0.25, -0.2) is 0 Å². The molecular weight excluding hydrogens is 323 g/mol. The van der Waals surface area contributed by atoms with Gasteiger partial charge in [-0.3, -0.25) is 0 Å². The van der Waals surface area contributed by atoms with Crippen LogP contribution in [-0.2, 0) is 19.1 Å². The number of rotatable bonds is 6. The summed E-state index contributed by atoms with van der Waals surface area (Å²) < 4.78 is 11.7. The van der Waals surface area contributed by atoms with Gasteiger partial charge in [-0.2, -0.15) is 0 Å². The van der Waals surface area contributed by atoms with Crippen molar-refractivity contribution >= 4 is 38.1 Å². The standard InChI is InChI=1S/C12H17O4.In/c1-4-7-10(13)15-12(9-6-3)16-11(14)8-5-2;/h3,6,9H,4-5,7-8H2,1-2H3;. The van der Waals surface area contributed by atoms with Gasteiger partial charge >= 0.3 is 112 Å². The van der Waals surface area contributed by atoms with Crippen molar-refractivity contribution in [1.29, 1.82) is 0 Å². The summed E-state index contributed by atoms with van der Waals surface area (Å²) in [5, 5.41) is 0. The van der Waals surface area contributed by atoms with E-state index >= 15 is 0 Å². The molecule has 0 fully saturated rings. The first kappa shape index (κ1) is 14.5. The van der Waals surface area contributed by atoms with Crippen LogP contribution in [0.1, 0.15) is 39.5 Å². The van der Waals surface area contributed by atoms with E-state index in [9.17, 15) is 9.59 Å². The predicted octanol–water partition coefficient (Wildman–Crippen LogP) is 1.40. The van der Waals surface area contributed by atoms with Gasteiger partial charge in [0, 0.05) is 0 Å². The molecule has 0 spiro atoms. The summed E-state index contributed by atoms with van der Waals surface area (Å²) in [6.45, 7) is 3.82.